The zero-order chi connectivity index (χ0) is 15.0. The molecular formula is C14H18FN5O. The largest absolute Gasteiger partial charge is 0.399 e. The fourth-order valence-corrected chi connectivity index (χ4v) is 2.77. The average Bonchev–Trinajstić information content (AvgIpc) is 2.92. The molecule has 2 unspecified atom stereocenters. The van der Waals surface area contributed by atoms with Gasteiger partial charge in [0.05, 0.1) is 17.7 Å². The van der Waals surface area contributed by atoms with Crippen LogP contribution in [-0.4, -0.2) is 32.9 Å². The van der Waals surface area contributed by atoms with E-state index >= 15 is 0 Å². The number of aromatic nitrogens is 4. The molecule has 21 heavy (non-hydrogen) atoms. The molecule has 0 aliphatic carbocycles. The van der Waals surface area contributed by atoms with E-state index in [0.29, 0.717) is 29.2 Å². The summed E-state index contributed by atoms with van der Waals surface area (Å²) in [5, 5.41) is 11.8. The maximum absolute atomic E-state index is 14.4. The zero-order valence-corrected chi connectivity index (χ0v) is 12.1. The number of benzene rings is 1. The maximum atomic E-state index is 14.4. The standard InChI is InChI=1S/C14H18FN5O/c1-8-5-10(16)7-12(13(8)15)14-17-18-19-20(14)11-3-4-21-9(2)6-11/h5,7,9,11H,3-4,6,16H2,1-2H3. The summed E-state index contributed by atoms with van der Waals surface area (Å²) in [6.07, 6.45) is 1.76. The van der Waals surface area contributed by atoms with Crippen molar-refractivity contribution in [2.45, 2.75) is 38.8 Å². The molecule has 0 amide bonds. The molecule has 1 aromatic carbocycles. The Morgan fingerprint density at radius 3 is 3.00 bits per heavy atom. The molecule has 2 heterocycles. The van der Waals surface area contributed by atoms with Gasteiger partial charge in [0.15, 0.2) is 5.82 Å². The van der Waals surface area contributed by atoms with Gasteiger partial charge in [-0.25, -0.2) is 9.07 Å². The molecule has 2 aromatic rings. The minimum Gasteiger partial charge on any atom is -0.399 e. The molecule has 3 rings (SSSR count). The predicted molar refractivity (Wildman–Crippen MR) is 76.0 cm³/mol. The normalized spacial score (nSPS) is 22.4. The van der Waals surface area contributed by atoms with Crippen molar-refractivity contribution in [2.75, 3.05) is 12.3 Å². The summed E-state index contributed by atoms with van der Waals surface area (Å²) in [6, 6.07) is 3.29. The second-order valence-electron chi connectivity index (χ2n) is 5.51. The molecule has 2 atom stereocenters. The van der Waals surface area contributed by atoms with Crippen LogP contribution in [0.1, 0.15) is 31.4 Å². The lowest BCUT2D eigenvalue weighted by Gasteiger charge is -2.27. The fraction of sp³-hybridized carbons (Fsp3) is 0.500. The molecule has 1 aromatic heterocycles. The van der Waals surface area contributed by atoms with Gasteiger partial charge in [0.1, 0.15) is 5.82 Å². The van der Waals surface area contributed by atoms with Crippen LogP contribution in [0.5, 0.6) is 0 Å². The highest BCUT2D eigenvalue weighted by Gasteiger charge is 2.26. The molecular weight excluding hydrogens is 273 g/mol. The summed E-state index contributed by atoms with van der Waals surface area (Å²) in [7, 11) is 0. The van der Waals surface area contributed by atoms with Crippen molar-refractivity contribution in [1.82, 2.24) is 20.2 Å². The van der Waals surface area contributed by atoms with Gasteiger partial charge >= 0.3 is 0 Å². The van der Waals surface area contributed by atoms with Crippen molar-refractivity contribution >= 4 is 5.69 Å². The highest BCUT2D eigenvalue weighted by Crippen LogP contribution is 2.31. The molecule has 6 nitrogen and oxygen atoms in total. The van der Waals surface area contributed by atoms with Crippen molar-refractivity contribution in [1.29, 1.82) is 0 Å². The predicted octanol–water partition coefficient (Wildman–Crippen LogP) is 2.11. The second-order valence-corrected chi connectivity index (χ2v) is 5.51. The molecule has 0 spiro atoms. The van der Waals surface area contributed by atoms with Gasteiger partial charge < -0.3 is 10.5 Å². The number of halogens is 1. The van der Waals surface area contributed by atoms with Crippen LogP contribution >= 0.6 is 0 Å². The first-order valence-electron chi connectivity index (χ1n) is 7.01. The highest BCUT2D eigenvalue weighted by atomic mass is 19.1. The Hall–Kier alpha value is -2.02. The average molecular weight is 291 g/mol. The summed E-state index contributed by atoms with van der Waals surface area (Å²) < 4.78 is 21.6. The van der Waals surface area contributed by atoms with Crippen molar-refractivity contribution in [2.24, 2.45) is 0 Å². The number of tetrazole rings is 1. The first-order chi connectivity index (χ1) is 10.1. The van der Waals surface area contributed by atoms with E-state index in [1.165, 1.54) is 0 Å². The summed E-state index contributed by atoms with van der Waals surface area (Å²) in [5.74, 6) is 0.0855. The smallest absolute Gasteiger partial charge is 0.185 e. The Balaban J connectivity index is 2.03. The van der Waals surface area contributed by atoms with Crippen LogP contribution in [0.15, 0.2) is 12.1 Å². The Morgan fingerprint density at radius 2 is 2.24 bits per heavy atom. The third-order valence-corrected chi connectivity index (χ3v) is 3.81. The summed E-state index contributed by atoms with van der Waals surface area (Å²) in [5.41, 5.74) is 7.15. The minimum atomic E-state index is -0.333. The van der Waals surface area contributed by atoms with Crippen LogP contribution in [-0.2, 0) is 4.74 Å². The number of aryl methyl sites for hydroxylation is 1. The van der Waals surface area contributed by atoms with Gasteiger partial charge in [-0.2, -0.15) is 0 Å². The minimum absolute atomic E-state index is 0.111. The molecule has 1 saturated heterocycles. The fourth-order valence-electron chi connectivity index (χ4n) is 2.77. The van der Waals surface area contributed by atoms with E-state index in [-0.39, 0.29) is 18.0 Å². The number of hydrogen-bond donors (Lipinski definition) is 1. The monoisotopic (exact) mass is 291 g/mol. The Kier molecular flexibility index (Phi) is 3.59. The first-order valence-corrected chi connectivity index (χ1v) is 7.01. The molecule has 1 aliphatic rings. The number of anilines is 1. The number of ether oxygens (including phenoxy) is 1. The van der Waals surface area contributed by atoms with Crippen LogP contribution in [0.25, 0.3) is 11.4 Å². The van der Waals surface area contributed by atoms with E-state index in [9.17, 15) is 4.39 Å². The second kappa shape index (κ2) is 5.40. The topological polar surface area (TPSA) is 78.9 Å². The van der Waals surface area contributed by atoms with Crippen molar-refractivity contribution < 1.29 is 9.13 Å². The van der Waals surface area contributed by atoms with Gasteiger partial charge in [0.25, 0.3) is 0 Å². The molecule has 0 radical (unpaired) electrons. The van der Waals surface area contributed by atoms with Crippen LogP contribution in [0.2, 0.25) is 0 Å². The number of rotatable bonds is 2. The third-order valence-electron chi connectivity index (χ3n) is 3.81. The SMILES string of the molecule is Cc1cc(N)cc(-c2nnnn2C2CCOC(C)C2)c1F. The van der Waals surface area contributed by atoms with E-state index in [1.807, 2.05) is 6.92 Å². The van der Waals surface area contributed by atoms with Gasteiger partial charge in [0, 0.05) is 12.3 Å². The quantitative estimate of drug-likeness (QED) is 0.857. The van der Waals surface area contributed by atoms with E-state index in [4.69, 9.17) is 10.5 Å². The summed E-state index contributed by atoms with van der Waals surface area (Å²) in [6.45, 7) is 4.35. The van der Waals surface area contributed by atoms with Gasteiger partial charge in [-0.05, 0) is 54.8 Å². The molecule has 0 bridgehead atoms. The van der Waals surface area contributed by atoms with Crippen molar-refractivity contribution in [3.05, 3.63) is 23.5 Å². The molecule has 1 fully saturated rings. The maximum Gasteiger partial charge on any atom is 0.185 e. The van der Waals surface area contributed by atoms with E-state index in [0.717, 1.165) is 12.8 Å². The Bertz CT molecular complexity index is 657. The first kappa shape index (κ1) is 13.9. The third kappa shape index (κ3) is 2.61. The molecule has 7 heteroatoms. The lowest BCUT2D eigenvalue weighted by atomic mass is 10.0. The van der Waals surface area contributed by atoms with Gasteiger partial charge in [-0.15, -0.1) is 5.10 Å². The molecule has 0 saturated carbocycles. The lowest BCUT2D eigenvalue weighted by Crippen LogP contribution is -2.26. The van der Waals surface area contributed by atoms with Crippen LogP contribution in [0, 0.1) is 12.7 Å². The number of nitrogens with zero attached hydrogens (tertiary/aromatic N) is 4. The van der Waals surface area contributed by atoms with Gasteiger partial charge in [-0.1, -0.05) is 0 Å². The Labute approximate surface area is 122 Å². The van der Waals surface area contributed by atoms with Crippen LogP contribution in [0.4, 0.5) is 10.1 Å². The summed E-state index contributed by atoms with van der Waals surface area (Å²) >= 11 is 0. The summed E-state index contributed by atoms with van der Waals surface area (Å²) in [4.78, 5) is 0. The number of hydrogen-bond acceptors (Lipinski definition) is 5. The van der Waals surface area contributed by atoms with E-state index in [1.54, 1.807) is 23.7 Å². The highest BCUT2D eigenvalue weighted by molar-refractivity contribution is 5.63. The van der Waals surface area contributed by atoms with Gasteiger partial charge in [0.2, 0.25) is 0 Å². The van der Waals surface area contributed by atoms with E-state index < -0.39 is 0 Å². The number of nitrogen functional groups attached to an aromatic ring is 1. The van der Waals surface area contributed by atoms with Crippen molar-refractivity contribution in [3.63, 3.8) is 0 Å². The molecule has 1 aliphatic heterocycles. The van der Waals surface area contributed by atoms with Crippen molar-refractivity contribution in [3.8, 4) is 11.4 Å². The number of nitrogens with two attached hydrogens (primary N) is 1. The Morgan fingerprint density at radius 1 is 1.43 bits per heavy atom. The zero-order valence-electron chi connectivity index (χ0n) is 12.1. The van der Waals surface area contributed by atoms with Crippen LogP contribution in [0.3, 0.4) is 0 Å². The van der Waals surface area contributed by atoms with Crippen LogP contribution < -0.4 is 5.73 Å². The molecule has 112 valence electrons. The molecule has 2 N–H and O–H groups in total. The lowest BCUT2D eigenvalue weighted by molar-refractivity contribution is 0.00349. The van der Waals surface area contributed by atoms with E-state index in [2.05, 4.69) is 15.5 Å². The van der Waals surface area contributed by atoms with Gasteiger partial charge in [-0.3, -0.25) is 0 Å².